The van der Waals surface area contributed by atoms with Gasteiger partial charge in [-0.1, -0.05) is 13.8 Å². The maximum absolute atomic E-state index is 6.12. The third-order valence-electron chi connectivity index (χ3n) is 4.79. The largest absolute Gasteiger partial charge is 0.464 e. The smallest absolute Gasteiger partial charge is 0.122 e. The second kappa shape index (κ2) is 7.43. The molecule has 0 radical (unpaired) electrons. The Kier molecular flexibility index (Phi) is 5.85. The Morgan fingerprint density at radius 1 is 1.48 bits per heavy atom. The number of hydrogen-bond donors (Lipinski definition) is 1. The first-order valence-corrected chi connectivity index (χ1v) is 8.16. The summed E-state index contributed by atoms with van der Waals surface area (Å²) in [7, 11) is 1.74. The molecule has 21 heavy (non-hydrogen) atoms. The van der Waals surface area contributed by atoms with Crippen LogP contribution in [0.2, 0.25) is 0 Å². The first-order chi connectivity index (χ1) is 10.1. The van der Waals surface area contributed by atoms with Crippen LogP contribution >= 0.6 is 0 Å². The van der Waals surface area contributed by atoms with Crippen LogP contribution in [-0.2, 0) is 4.74 Å². The Balaban J connectivity index is 2.12. The van der Waals surface area contributed by atoms with Crippen molar-refractivity contribution in [2.24, 2.45) is 11.7 Å². The third kappa shape index (κ3) is 3.87. The summed E-state index contributed by atoms with van der Waals surface area (Å²) >= 11 is 0. The lowest BCUT2D eigenvalue weighted by atomic mass is 10.1. The van der Waals surface area contributed by atoms with E-state index >= 15 is 0 Å². The molecule has 1 fully saturated rings. The predicted octanol–water partition coefficient (Wildman–Crippen LogP) is 3.15. The van der Waals surface area contributed by atoms with Gasteiger partial charge >= 0.3 is 0 Å². The molecule has 0 bridgehead atoms. The predicted molar refractivity (Wildman–Crippen MR) is 85.4 cm³/mol. The van der Waals surface area contributed by atoms with Crippen LogP contribution in [0.5, 0.6) is 0 Å². The number of rotatable bonds is 9. The Morgan fingerprint density at radius 3 is 2.71 bits per heavy atom. The summed E-state index contributed by atoms with van der Waals surface area (Å²) < 4.78 is 11.4. The molecular weight excluding hydrogens is 264 g/mol. The average Bonchev–Trinajstić information content (AvgIpc) is 3.02. The van der Waals surface area contributed by atoms with Crippen LogP contribution in [0, 0.1) is 5.92 Å². The molecule has 0 aromatic carbocycles. The topological polar surface area (TPSA) is 51.6 Å². The van der Waals surface area contributed by atoms with Crippen molar-refractivity contribution in [3.8, 4) is 0 Å². The van der Waals surface area contributed by atoms with E-state index in [1.807, 2.05) is 0 Å². The SMILES string of the molecule is CCC(C)N(CCOC)C(CN)c1ccc(C2CC2C)o1. The van der Waals surface area contributed by atoms with E-state index in [4.69, 9.17) is 14.9 Å². The molecule has 4 nitrogen and oxygen atoms in total. The summed E-state index contributed by atoms with van der Waals surface area (Å²) in [6.45, 7) is 8.89. The quantitative estimate of drug-likeness (QED) is 0.760. The van der Waals surface area contributed by atoms with Gasteiger partial charge in [0.1, 0.15) is 11.5 Å². The summed E-state index contributed by atoms with van der Waals surface area (Å²) in [6, 6.07) is 4.84. The first kappa shape index (κ1) is 16.5. The molecule has 4 atom stereocenters. The van der Waals surface area contributed by atoms with Crippen molar-refractivity contribution >= 4 is 0 Å². The fourth-order valence-corrected chi connectivity index (χ4v) is 2.99. The number of methoxy groups -OCH3 is 1. The lowest BCUT2D eigenvalue weighted by Crippen LogP contribution is -2.41. The summed E-state index contributed by atoms with van der Waals surface area (Å²) in [6.07, 6.45) is 2.34. The van der Waals surface area contributed by atoms with E-state index in [0.29, 0.717) is 25.1 Å². The van der Waals surface area contributed by atoms with Gasteiger partial charge in [0, 0.05) is 32.2 Å². The highest BCUT2D eigenvalue weighted by Gasteiger charge is 2.37. The zero-order valence-corrected chi connectivity index (χ0v) is 13.8. The highest BCUT2D eigenvalue weighted by molar-refractivity contribution is 5.19. The van der Waals surface area contributed by atoms with E-state index in [2.05, 4.69) is 37.8 Å². The van der Waals surface area contributed by atoms with Crippen LogP contribution in [0.4, 0.5) is 0 Å². The van der Waals surface area contributed by atoms with Crippen LogP contribution in [0.1, 0.15) is 57.1 Å². The number of ether oxygens (including phenoxy) is 1. The third-order valence-corrected chi connectivity index (χ3v) is 4.79. The van der Waals surface area contributed by atoms with Crippen molar-refractivity contribution in [1.82, 2.24) is 4.90 Å². The van der Waals surface area contributed by atoms with Crippen LogP contribution < -0.4 is 5.73 Å². The van der Waals surface area contributed by atoms with E-state index in [9.17, 15) is 0 Å². The van der Waals surface area contributed by atoms with Crippen molar-refractivity contribution in [2.75, 3.05) is 26.8 Å². The average molecular weight is 294 g/mol. The van der Waals surface area contributed by atoms with E-state index in [0.717, 1.165) is 30.4 Å². The fraction of sp³-hybridized carbons (Fsp3) is 0.765. The molecule has 1 aromatic heterocycles. The molecule has 0 aliphatic heterocycles. The van der Waals surface area contributed by atoms with Gasteiger partial charge in [0.2, 0.25) is 0 Å². The minimum Gasteiger partial charge on any atom is -0.464 e. The summed E-state index contributed by atoms with van der Waals surface area (Å²) in [5.74, 6) is 3.52. The highest BCUT2D eigenvalue weighted by Crippen LogP contribution is 2.47. The minimum absolute atomic E-state index is 0.137. The molecule has 2 N–H and O–H groups in total. The Labute approximate surface area is 128 Å². The lowest BCUT2D eigenvalue weighted by molar-refractivity contribution is 0.0809. The molecule has 4 unspecified atom stereocenters. The fourth-order valence-electron chi connectivity index (χ4n) is 2.99. The molecule has 1 heterocycles. The van der Waals surface area contributed by atoms with Gasteiger partial charge in [-0.3, -0.25) is 4.90 Å². The summed E-state index contributed by atoms with van der Waals surface area (Å²) in [5.41, 5.74) is 6.06. The van der Waals surface area contributed by atoms with Gasteiger partial charge in [0.05, 0.1) is 12.6 Å². The normalized spacial score (nSPS) is 24.3. The lowest BCUT2D eigenvalue weighted by Gasteiger charge is -2.34. The molecule has 4 heteroatoms. The maximum atomic E-state index is 6.12. The Morgan fingerprint density at radius 2 is 2.19 bits per heavy atom. The van der Waals surface area contributed by atoms with E-state index in [1.54, 1.807) is 7.11 Å². The van der Waals surface area contributed by atoms with Crippen LogP contribution in [0.15, 0.2) is 16.5 Å². The van der Waals surface area contributed by atoms with Crippen molar-refractivity contribution in [1.29, 1.82) is 0 Å². The second-order valence-corrected chi connectivity index (χ2v) is 6.30. The van der Waals surface area contributed by atoms with Crippen molar-refractivity contribution in [2.45, 2.75) is 51.6 Å². The zero-order chi connectivity index (χ0) is 15.4. The van der Waals surface area contributed by atoms with Gasteiger partial charge in [0.15, 0.2) is 0 Å². The second-order valence-electron chi connectivity index (χ2n) is 6.30. The van der Waals surface area contributed by atoms with Crippen molar-refractivity contribution < 1.29 is 9.15 Å². The monoisotopic (exact) mass is 294 g/mol. The van der Waals surface area contributed by atoms with Crippen LogP contribution in [0.25, 0.3) is 0 Å². The Bertz CT molecular complexity index is 432. The van der Waals surface area contributed by atoms with Gasteiger partial charge in [0.25, 0.3) is 0 Å². The summed E-state index contributed by atoms with van der Waals surface area (Å²) in [4.78, 5) is 2.41. The molecule has 1 saturated carbocycles. The van der Waals surface area contributed by atoms with Gasteiger partial charge in [-0.2, -0.15) is 0 Å². The maximum Gasteiger partial charge on any atom is 0.122 e. The molecule has 0 spiro atoms. The van der Waals surface area contributed by atoms with Crippen molar-refractivity contribution in [3.63, 3.8) is 0 Å². The van der Waals surface area contributed by atoms with Gasteiger partial charge < -0.3 is 14.9 Å². The standard InChI is InChI=1S/C17H30N2O2/c1-5-13(3)19(8-9-20-4)15(11-18)17-7-6-16(21-17)14-10-12(14)2/h6-7,12-15H,5,8-11,18H2,1-4H3. The first-order valence-electron chi connectivity index (χ1n) is 8.16. The van der Waals surface area contributed by atoms with E-state index in [1.165, 1.54) is 6.42 Å². The van der Waals surface area contributed by atoms with Gasteiger partial charge in [-0.25, -0.2) is 0 Å². The molecular formula is C17H30N2O2. The van der Waals surface area contributed by atoms with Gasteiger partial charge in [-0.05, 0) is 37.8 Å². The molecule has 0 saturated heterocycles. The molecule has 1 aromatic rings. The van der Waals surface area contributed by atoms with Crippen molar-refractivity contribution in [3.05, 3.63) is 23.7 Å². The number of furan rings is 1. The Hall–Kier alpha value is -0.840. The number of nitrogens with zero attached hydrogens (tertiary/aromatic N) is 1. The molecule has 120 valence electrons. The van der Waals surface area contributed by atoms with E-state index < -0.39 is 0 Å². The zero-order valence-electron chi connectivity index (χ0n) is 13.8. The van der Waals surface area contributed by atoms with Crippen LogP contribution in [0.3, 0.4) is 0 Å². The number of hydrogen-bond acceptors (Lipinski definition) is 4. The minimum atomic E-state index is 0.137. The summed E-state index contributed by atoms with van der Waals surface area (Å²) in [5, 5.41) is 0. The molecule has 2 rings (SSSR count). The van der Waals surface area contributed by atoms with Crippen LogP contribution in [-0.4, -0.2) is 37.7 Å². The van der Waals surface area contributed by atoms with Gasteiger partial charge in [-0.15, -0.1) is 0 Å². The number of nitrogens with two attached hydrogens (primary N) is 1. The van der Waals surface area contributed by atoms with E-state index in [-0.39, 0.29) is 6.04 Å². The molecule has 1 aliphatic rings. The molecule has 0 amide bonds. The molecule has 1 aliphatic carbocycles. The highest BCUT2D eigenvalue weighted by atomic mass is 16.5.